The van der Waals surface area contributed by atoms with Crippen molar-refractivity contribution in [3.05, 3.63) is 106 Å². The minimum Gasteiger partial charge on any atom is -0.490 e. The van der Waals surface area contributed by atoms with Gasteiger partial charge >= 0.3 is 5.69 Å². The van der Waals surface area contributed by atoms with Crippen molar-refractivity contribution in [2.45, 2.75) is 20.0 Å². The molecule has 34 heavy (non-hydrogen) atoms. The van der Waals surface area contributed by atoms with Crippen LogP contribution >= 0.6 is 0 Å². The van der Waals surface area contributed by atoms with Crippen LogP contribution in [0.3, 0.4) is 0 Å². The Morgan fingerprint density at radius 2 is 1.71 bits per heavy atom. The lowest BCUT2D eigenvalue weighted by molar-refractivity contribution is -0.385. The van der Waals surface area contributed by atoms with Crippen LogP contribution in [-0.2, 0) is 17.9 Å². The highest BCUT2D eigenvalue weighted by molar-refractivity contribution is 5.74. The topological polar surface area (TPSA) is 90.5 Å². The minimum absolute atomic E-state index is 0.0806. The van der Waals surface area contributed by atoms with Crippen LogP contribution in [0.5, 0.6) is 5.75 Å². The van der Waals surface area contributed by atoms with E-state index in [9.17, 15) is 14.9 Å². The molecule has 4 rings (SSSR count). The molecule has 8 heteroatoms. The van der Waals surface area contributed by atoms with Gasteiger partial charge in [0.1, 0.15) is 0 Å². The van der Waals surface area contributed by atoms with Gasteiger partial charge in [-0.15, -0.1) is 0 Å². The number of nitro groups is 1. The molecule has 0 spiro atoms. The highest BCUT2D eigenvalue weighted by Crippen LogP contribution is 2.34. The lowest BCUT2D eigenvalue weighted by Crippen LogP contribution is -2.27. The molecule has 0 fully saturated rings. The summed E-state index contributed by atoms with van der Waals surface area (Å²) in [5.74, 6) is 0.0928. The molecule has 0 unspecified atom stereocenters. The van der Waals surface area contributed by atoms with Gasteiger partial charge in [-0.2, -0.15) is 5.10 Å². The summed E-state index contributed by atoms with van der Waals surface area (Å²) in [5.41, 5.74) is 3.61. The maximum Gasteiger partial charge on any atom is 0.311 e. The number of para-hydroxylation sites is 1. The Morgan fingerprint density at radius 3 is 2.32 bits per heavy atom. The Labute approximate surface area is 197 Å². The fourth-order valence-corrected chi connectivity index (χ4v) is 3.75. The molecule has 0 N–H and O–H groups in total. The van der Waals surface area contributed by atoms with Crippen molar-refractivity contribution >= 4 is 11.6 Å². The Balaban J connectivity index is 1.78. The number of benzene rings is 3. The van der Waals surface area contributed by atoms with E-state index < -0.39 is 4.92 Å². The second-order valence-corrected chi connectivity index (χ2v) is 7.79. The number of carbonyl (C=O) groups is 1. The highest BCUT2D eigenvalue weighted by Gasteiger charge is 2.21. The Bertz CT molecular complexity index is 1300. The Kier molecular flexibility index (Phi) is 6.68. The van der Waals surface area contributed by atoms with Gasteiger partial charge in [-0.1, -0.05) is 48.5 Å². The van der Waals surface area contributed by atoms with Gasteiger partial charge in [0.25, 0.3) is 0 Å². The van der Waals surface area contributed by atoms with Crippen molar-refractivity contribution in [3.63, 3.8) is 0 Å². The van der Waals surface area contributed by atoms with Crippen molar-refractivity contribution in [2.24, 2.45) is 0 Å². The summed E-state index contributed by atoms with van der Waals surface area (Å²) in [6.07, 6.45) is 1.86. The molecule has 0 radical (unpaired) electrons. The lowest BCUT2D eigenvalue weighted by Gasteiger charge is -2.21. The van der Waals surface area contributed by atoms with Crippen LogP contribution in [0.4, 0.5) is 5.69 Å². The maximum atomic E-state index is 12.5. The molecular formula is C26H24N4O4. The van der Waals surface area contributed by atoms with Gasteiger partial charge in [0.15, 0.2) is 5.75 Å². The highest BCUT2D eigenvalue weighted by atomic mass is 16.6. The average Bonchev–Trinajstić information content (AvgIpc) is 3.28. The molecule has 1 amide bonds. The second kappa shape index (κ2) is 9.99. The molecule has 1 aromatic heterocycles. The summed E-state index contributed by atoms with van der Waals surface area (Å²) in [7, 11) is 1.39. The largest absolute Gasteiger partial charge is 0.490 e. The van der Waals surface area contributed by atoms with E-state index in [0.717, 1.165) is 16.8 Å². The fourth-order valence-electron chi connectivity index (χ4n) is 3.75. The van der Waals surface area contributed by atoms with Gasteiger partial charge in [0.05, 0.1) is 23.4 Å². The van der Waals surface area contributed by atoms with Gasteiger partial charge in [-0.3, -0.25) is 14.9 Å². The minimum atomic E-state index is -0.479. The van der Waals surface area contributed by atoms with E-state index >= 15 is 0 Å². The summed E-state index contributed by atoms with van der Waals surface area (Å²) in [4.78, 5) is 25.3. The first-order chi connectivity index (χ1) is 16.5. The lowest BCUT2D eigenvalue weighted by atomic mass is 10.1. The standard InChI is InChI=1S/C26H24N4O4/c1-19(31)28(16-20-9-5-3-6-10-20)17-22-18-29(23-11-7-4-8-12-23)27-26(22)21-13-14-25(34-2)24(15-21)30(32)33/h3-15,18H,16-17H2,1-2H3. The maximum absolute atomic E-state index is 12.5. The van der Waals surface area contributed by atoms with E-state index in [-0.39, 0.29) is 17.3 Å². The molecule has 8 nitrogen and oxygen atoms in total. The van der Waals surface area contributed by atoms with E-state index in [1.54, 1.807) is 21.7 Å². The zero-order valence-corrected chi connectivity index (χ0v) is 18.9. The van der Waals surface area contributed by atoms with Gasteiger partial charge in [-0.05, 0) is 29.8 Å². The number of rotatable bonds is 8. The summed E-state index contributed by atoms with van der Waals surface area (Å²) >= 11 is 0. The Hall–Kier alpha value is -4.46. The first-order valence-electron chi connectivity index (χ1n) is 10.7. The third-order valence-corrected chi connectivity index (χ3v) is 5.48. The first-order valence-corrected chi connectivity index (χ1v) is 10.7. The van der Waals surface area contributed by atoms with Crippen molar-refractivity contribution < 1.29 is 14.5 Å². The zero-order chi connectivity index (χ0) is 24.1. The van der Waals surface area contributed by atoms with Crippen molar-refractivity contribution in [1.82, 2.24) is 14.7 Å². The predicted molar refractivity (Wildman–Crippen MR) is 129 cm³/mol. The molecule has 0 saturated carbocycles. The van der Waals surface area contributed by atoms with E-state index in [2.05, 4.69) is 0 Å². The third-order valence-electron chi connectivity index (χ3n) is 5.48. The predicted octanol–water partition coefficient (Wildman–Crippen LogP) is 5.00. The fraction of sp³-hybridized carbons (Fsp3) is 0.154. The number of amides is 1. The number of aromatic nitrogens is 2. The van der Waals surface area contributed by atoms with Crippen LogP contribution in [0.15, 0.2) is 85.1 Å². The van der Waals surface area contributed by atoms with Crippen molar-refractivity contribution in [3.8, 4) is 22.7 Å². The van der Waals surface area contributed by atoms with Gasteiger partial charge in [-0.25, -0.2) is 4.68 Å². The summed E-state index contributed by atoms with van der Waals surface area (Å²) < 4.78 is 6.87. The quantitative estimate of drug-likeness (QED) is 0.275. The van der Waals surface area contributed by atoms with Crippen LogP contribution < -0.4 is 4.74 Å². The first kappa shape index (κ1) is 22.7. The van der Waals surface area contributed by atoms with Gasteiger partial charge < -0.3 is 9.64 Å². The molecular weight excluding hydrogens is 432 g/mol. The number of hydrogen-bond acceptors (Lipinski definition) is 5. The van der Waals surface area contributed by atoms with E-state index in [1.807, 2.05) is 66.9 Å². The number of carbonyl (C=O) groups excluding carboxylic acids is 1. The SMILES string of the molecule is COc1ccc(-c2nn(-c3ccccc3)cc2CN(Cc2ccccc2)C(C)=O)cc1[N+](=O)[O-]. The molecule has 0 aliphatic carbocycles. The number of nitro benzene ring substituents is 1. The molecule has 0 bridgehead atoms. The molecule has 3 aromatic carbocycles. The summed E-state index contributed by atoms with van der Waals surface area (Å²) in [5, 5.41) is 16.3. The Morgan fingerprint density at radius 1 is 1.03 bits per heavy atom. The second-order valence-electron chi connectivity index (χ2n) is 7.79. The molecule has 0 saturated heterocycles. The van der Waals surface area contributed by atoms with Crippen molar-refractivity contribution in [1.29, 1.82) is 0 Å². The molecule has 172 valence electrons. The number of ether oxygens (including phenoxy) is 1. The molecule has 0 atom stereocenters. The van der Waals surface area contributed by atoms with Crippen LogP contribution in [-0.4, -0.2) is 32.6 Å². The van der Waals surface area contributed by atoms with E-state index in [4.69, 9.17) is 9.84 Å². The van der Waals surface area contributed by atoms with Crippen LogP contribution in [0, 0.1) is 10.1 Å². The summed E-state index contributed by atoms with van der Waals surface area (Å²) in [6.45, 7) is 2.27. The summed E-state index contributed by atoms with van der Waals surface area (Å²) in [6, 6.07) is 24.1. The molecule has 0 aliphatic rings. The molecule has 4 aromatic rings. The number of methoxy groups -OCH3 is 1. The normalized spacial score (nSPS) is 10.6. The van der Waals surface area contributed by atoms with E-state index in [0.29, 0.717) is 24.3 Å². The average molecular weight is 457 g/mol. The van der Waals surface area contributed by atoms with Gasteiger partial charge in [0, 0.05) is 43.4 Å². The molecule has 1 heterocycles. The van der Waals surface area contributed by atoms with Crippen LogP contribution in [0.2, 0.25) is 0 Å². The van der Waals surface area contributed by atoms with Crippen LogP contribution in [0.25, 0.3) is 16.9 Å². The van der Waals surface area contributed by atoms with E-state index in [1.165, 1.54) is 20.1 Å². The monoisotopic (exact) mass is 456 g/mol. The van der Waals surface area contributed by atoms with Crippen molar-refractivity contribution in [2.75, 3.05) is 7.11 Å². The zero-order valence-electron chi connectivity index (χ0n) is 18.9. The van der Waals surface area contributed by atoms with Gasteiger partial charge in [0.2, 0.25) is 5.91 Å². The van der Waals surface area contributed by atoms with Crippen LogP contribution in [0.1, 0.15) is 18.1 Å². The number of hydrogen-bond donors (Lipinski definition) is 0. The molecule has 0 aliphatic heterocycles. The third kappa shape index (κ3) is 4.96. The smallest absolute Gasteiger partial charge is 0.311 e. The number of nitrogens with zero attached hydrogens (tertiary/aromatic N) is 4.